The van der Waals surface area contributed by atoms with Crippen LogP contribution in [0, 0.1) is 34.2 Å². The van der Waals surface area contributed by atoms with Crippen molar-refractivity contribution >= 4 is 89.1 Å². The fourth-order valence-electron chi connectivity index (χ4n) is 12.5. The van der Waals surface area contributed by atoms with Crippen molar-refractivity contribution in [3.8, 4) is 40.9 Å². The van der Waals surface area contributed by atoms with Crippen LogP contribution in [0.4, 0.5) is 4.79 Å². The van der Waals surface area contributed by atoms with Gasteiger partial charge in [-0.2, -0.15) is 5.48 Å². The van der Waals surface area contributed by atoms with Gasteiger partial charge >= 0.3 is 6.09 Å². The molecule has 1 aliphatic carbocycles. The molecule has 1 aromatic rings. The van der Waals surface area contributed by atoms with E-state index in [1.165, 1.54) is 52.4 Å². The molecule has 6 aliphatic rings. The number of likely N-dealkylation sites (tertiary alicyclic amines) is 1. The van der Waals surface area contributed by atoms with Gasteiger partial charge in [-0.05, 0) is 113 Å². The van der Waals surface area contributed by atoms with Crippen molar-refractivity contribution in [3.63, 3.8) is 0 Å². The van der Waals surface area contributed by atoms with Crippen LogP contribution in [0.1, 0.15) is 89.6 Å². The lowest BCUT2D eigenvalue weighted by atomic mass is 9.84. The number of halogens is 1. The number of hydrogen-bond acceptors (Lipinski definition) is 28. The molecule has 5 aliphatic heterocycles. The van der Waals surface area contributed by atoms with Crippen LogP contribution < -0.4 is 25.0 Å². The van der Waals surface area contributed by atoms with Gasteiger partial charge in [-0.25, -0.2) is 4.79 Å². The van der Waals surface area contributed by atoms with Crippen molar-refractivity contribution in [3.05, 3.63) is 49.8 Å². The third-order valence-corrected chi connectivity index (χ3v) is 23.1. The molecule has 33 heteroatoms. The van der Waals surface area contributed by atoms with Crippen molar-refractivity contribution < 1.29 is 121 Å². The summed E-state index contributed by atoms with van der Waals surface area (Å²) in [5, 5.41) is 58.4. The highest BCUT2D eigenvalue weighted by atomic mass is 127. The summed E-state index contributed by atoms with van der Waals surface area (Å²) < 4.78 is 72.9. The summed E-state index contributed by atoms with van der Waals surface area (Å²) in [7, 11) is 4.13. The average Bonchev–Trinajstić information content (AvgIpc) is 1.31. The molecule has 7 rings (SSSR count). The van der Waals surface area contributed by atoms with E-state index in [1.807, 2.05) is 29.5 Å². The number of rotatable bonds is 26. The summed E-state index contributed by atoms with van der Waals surface area (Å²) in [5.74, 6) is 9.67. The monoisotopic (exact) mass is 1560 g/mol. The number of likely N-dealkylation sites (N-methyl/N-ethyl adjacent to an activating group) is 1. The average molecular weight is 1560 g/mol. The third kappa shape index (κ3) is 19.9. The van der Waals surface area contributed by atoms with Crippen LogP contribution in [-0.2, 0) is 66.6 Å². The number of aliphatic hydroxyl groups is 5. The number of benzene rings is 1. The van der Waals surface area contributed by atoms with Crippen LogP contribution >= 0.6 is 46.1 Å². The van der Waals surface area contributed by atoms with Gasteiger partial charge in [0.1, 0.15) is 36.6 Å². The molecule has 1 aromatic carbocycles. The predicted molar refractivity (Wildman–Crippen MR) is 369 cm³/mol. The van der Waals surface area contributed by atoms with Crippen LogP contribution in [0.25, 0.3) is 0 Å². The first-order chi connectivity index (χ1) is 47.0. The zero-order valence-electron chi connectivity index (χ0n) is 57.9. The van der Waals surface area contributed by atoms with E-state index >= 15 is 0 Å². The molecule has 5 saturated heterocycles. The Labute approximate surface area is 599 Å². The number of aliphatic hydroxyl groups excluding tert-OH is 5. The second-order valence-corrected chi connectivity index (χ2v) is 32.5. The minimum Gasteiger partial charge on any atom is -0.492 e. The lowest BCUT2D eigenvalue weighted by Crippen LogP contribution is -2.65. The number of carbonyl (C=O) groups excluding carboxylic acids is 6. The maximum atomic E-state index is 14.5. The molecule has 8 N–H and O–H groups in total. The Kier molecular flexibility index (Phi) is 30.5. The summed E-state index contributed by atoms with van der Waals surface area (Å²) in [6.07, 6.45) is -17.1. The van der Waals surface area contributed by atoms with E-state index in [-0.39, 0.29) is 89.6 Å². The summed E-state index contributed by atoms with van der Waals surface area (Å²) in [6.45, 7) is 15.3. The number of nitrogens with one attached hydrogen (secondary N) is 2. The predicted octanol–water partition coefficient (Wildman–Crippen LogP) is 2.88. The zero-order valence-corrected chi connectivity index (χ0v) is 62.7. The molecular formula is C66H93IN4O25S2Si. The molecule has 4 amide bonds. The topological polar surface area (TPSA) is 374 Å². The zero-order chi connectivity index (χ0) is 72.9. The number of hydroxylamine groups is 1. The summed E-state index contributed by atoms with van der Waals surface area (Å²) >= 11 is 3.88. The number of amides is 4. The van der Waals surface area contributed by atoms with Crippen LogP contribution in [0.3, 0.4) is 0 Å². The SMILES string of the molecule is CC#C/C=C\C#C[C@H](OC1OC(C)C(NOC2CC(O)C(SC(=O)c3c(C)c(I)c(OC4OC(C)C(O)C(OC)C4O)c(OC)c3OC)C(C)O2)C(O)C1OC1CC(OC)C(N(CC)C(C)=O)CO1)C1=C(NC(=O)OC)C(=O)CC(O)/C1=C/CSC1CC(=O)N(CCC[Si](C)(C)O)C1=O. The number of ketones is 1. The highest BCUT2D eigenvalue weighted by molar-refractivity contribution is 14.1. The molecule has 0 radical (unpaired) electrons. The largest absolute Gasteiger partial charge is 0.492 e. The molecule has 550 valence electrons. The molecule has 99 heavy (non-hydrogen) atoms. The molecule has 20 atom stereocenters. The van der Waals surface area contributed by atoms with Crippen molar-refractivity contribution in [2.24, 2.45) is 0 Å². The number of thioether (sulfide) groups is 2. The Morgan fingerprint density at radius 2 is 1.57 bits per heavy atom. The standard InChI is InChI=1S/C66H93IN4O25S2Si/c1-15-17-18-19-20-22-42(49-37(39(73)27-40(74)52(49)68-66(82)88-12)23-25-97-44-30-45(76)71(62(44)80)24-21-26-99(13,14)83)93-65-59(94-46-29-43(84-8)38(31-89-46)70(16-2)36(7)72)54(78)51(33(4)91-65)69-96-47-28-41(75)61(35(6)90-47)98-63(81)48-32(3)50(67)57(60(87-11)56(48)85-9)95-64-55(79)58(86-10)53(77)34(5)92-64/h18-19,23,33-35,38-39,41-44,46-47,51,53-55,58-59,61,64-65,69,73,75,77-79,83H,16,21,24-31H2,1-14H3,(H,68,82)/b19-18-,37-23-/t33?,34?,35?,38?,39?,41?,42-,43?,44?,46?,47?,51?,53?,54?,55?,58?,59?,61?,64?,65?/m0/s1. The molecular weight excluding hydrogens is 1470 g/mol. The van der Waals surface area contributed by atoms with E-state index in [0.717, 1.165) is 30.6 Å². The number of Topliss-reactive ketones (excluding diaryl/α,β-unsaturated/α-hetero) is 1. The van der Waals surface area contributed by atoms with Gasteiger partial charge in [0.05, 0.1) is 102 Å². The third-order valence-electron chi connectivity index (χ3n) is 17.7. The molecule has 0 aromatic heterocycles. The first-order valence-electron chi connectivity index (χ1n) is 32.4. The van der Waals surface area contributed by atoms with Crippen molar-refractivity contribution in [1.82, 2.24) is 20.6 Å². The van der Waals surface area contributed by atoms with Crippen molar-refractivity contribution in [1.29, 1.82) is 0 Å². The van der Waals surface area contributed by atoms with Gasteiger partial charge in [0.25, 0.3) is 0 Å². The van der Waals surface area contributed by atoms with E-state index in [9.17, 15) is 59.1 Å². The lowest BCUT2D eigenvalue weighted by Gasteiger charge is -2.47. The van der Waals surface area contributed by atoms with Gasteiger partial charge in [-0.3, -0.25) is 39.0 Å². The first-order valence-corrected chi connectivity index (χ1v) is 38.6. The fourth-order valence-corrected chi connectivity index (χ4v) is 16.3. The first kappa shape index (κ1) is 81.5. The van der Waals surface area contributed by atoms with Crippen LogP contribution in [0.5, 0.6) is 17.2 Å². The number of allylic oxidation sites excluding steroid dienone is 3. The van der Waals surface area contributed by atoms with Gasteiger partial charge in [-0.15, -0.1) is 17.7 Å². The lowest BCUT2D eigenvalue weighted by molar-refractivity contribution is -0.337. The smallest absolute Gasteiger partial charge is 0.411 e. The molecule has 0 saturated carbocycles. The van der Waals surface area contributed by atoms with E-state index in [0.29, 0.717) is 28.1 Å². The van der Waals surface area contributed by atoms with Crippen LogP contribution in [0.2, 0.25) is 19.1 Å². The van der Waals surface area contributed by atoms with Gasteiger partial charge in [0.2, 0.25) is 34.9 Å². The number of carbonyl (C=O) groups is 6. The van der Waals surface area contributed by atoms with E-state index < -0.39 is 159 Å². The second-order valence-electron chi connectivity index (χ2n) is 24.9. The van der Waals surface area contributed by atoms with Gasteiger partial charge in [-0.1, -0.05) is 35.6 Å². The van der Waals surface area contributed by atoms with E-state index in [4.69, 9.17) is 61.7 Å². The molecule has 5 fully saturated rings. The number of imide groups is 1. The van der Waals surface area contributed by atoms with Gasteiger partial charge in [0, 0.05) is 71.2 Å². The number of methoxy groups -OCH3 is 5. The molecule has 19 unspecified atom stereocenters. The number of ether oxygens (including phenoxy) is 12. The highest BCUT2D eigenvalue weighted by Crippen LogP contribution is 2.49. The Morgan fingerprint density at radius 1 is 0.869 bits per heavy atom. The summed E-state index contributed by atoms with van der Waals surface area (Å²) in [5.41, 5.74) is 2.89. The summed E-state index contributed by atoms with van der Waals surface area (Å²) in [4.78, 5) is 101. The highest BCUT2D eigenvalue weighted by Gasteiger charge is 2.52. The van der Waals surface area contributed by atoms with Crippen LogP contribution in [-0.4, -0.2) is 265 Å². The second kappa shape index (κ2) is 37.1. The molecule has 0 spiro atoms. The van der Waals surface area contributed by atoms with Crippen LogP contribution in [0.15, 0.2) is 35.1 Å². The number of hydrogen-bond donors (Lipinski definition) is 8. The Balaban J connectivity index is 1.16. The number of nitrogens with zero attached hydrogens (tertiary/aromatic N) is 2. The normalized spacial score (nSPS) is 32.1. The maximum Gasteiger partial charge on any atom is 0.411 e. The number of alkyl carbamates (subject to hydrolysis) is 1. The Hall–Kier alpha value is -4.81. The van der Waals surface area contributed by atoms with Crippen molar-refractivity contribution in [2.75, 3.05) is 61.0 Å². The van der Waals surface area contributed by atoms with Gasteiger partial charge < -0.3 is 92.1 Å². The fraction of sp³-hybridized carbons (Fsp3) is 0.667. The van der Waals surface area contributed by atoms with E-state index in [2.05, 4.69) is 34.5 Å². The maximum absolute atomic E-state index is 14.5. The quantitative estimate of drug-likeness (QED) is 0.0217. The molecule has 5 heterocycles. The molecule has 29 nitrogen and oxygen atoms in total. The molecule has 0 bridgehead atoms. The Morgan fingerprint density at radius 3 is 2.19 bits per heavy atom. The van der Waals surface area contributed by atoms with Gasteiger partial charge in [0.15, 0.2) is 44.5 Å². The minimum absolute atomic E-state index is 0.00508. The minimum atomic E-state index is -2.46. The van der Waals surface area contributed by atoms with E-state index in [1.54, 1.807) is 58.7 Å². The van der Waals surface area contributed by atoms with Crippen molar-refractivity contribution in [2.45, 2.75) is 221 Å². The summed E-state index contributed by atoms with van der Waals surface area (Å²) in [6, 6.07) is -1.26. The Bertz CT molecular complexity index is 3270.